The van der Waals surface area contributed by atoms with E-state index < -0.39 is 5.82 Å². The molecule has 0 radical (unpaired) electrons. The van der Waals surface area contributed by atoms with E-state index in [4.69, 9.17) is 0 Å². The van der Waals surface area contributed by atoms with Gasteiger partial charge in [-0.25, -0.2) is 9.37 Å². The Balaban J connectivity index is 2.40. The summed E-state index contributed by atoms with van der Waals surface area (Å²) in [7, 11) is 0. The number of carbonyl (C=O) groups excluding carboxylic acids is 1. The molecule has 2 aromatic heterocycles. The quantitative estimate of drug-likeness (QED) is 0.722. The van der Waals surface area contributed by atoms with E-state index in [9.17, 15) is 9.18 Å². The highest BCUT2D eigenvalue weighted by molar-refractivity contribution is 6.08. The largest absolute Gasteiger partial charge is 0.287 e. The molecular weight excluding hydrogens is 207 g/mol. The lowest BCUT2D eigenvalue weighted by Crippen LogP contribution is -2.06. The number of pyridine rings is 2. The summed E-state index contributed by atoms with van der Waals surface area (Å²) in [5, 5.41) is 0. The second kappa shape index (κ2) is 4.18. The van der Waals surface area contributed by atoms with Crippen molar-refractivity contribution >= 4 is 5.78 Å². The summed E-state index contributed by atoms with van der Waals surface area (Å²) in [5.74, 6) is -0.704. The molecule has 0 spiro atoms. The number of rotatable bonds is 2. The average molecular weight is 216 g/mol. The molecule has 2 rings (SSSR count). The first-order chi connectivity index (χ1) is 7.68. The molecule has 4 heteroatoms. The van der Waals surface area contributed by atoms with Gasteiger partial charge in [0.05, 0.1) is 6.20 Å². The van der Waals surface area contributed by atoms with Crippen LogP contribution in [0.2, 0.25) is 0 Å². The zero-order valence-corrected chi connectivity index (χ0v) is 8.64. The van der Waals surface area contributed by atoms with Crippen LogP contribution < -0.4 is 0 Å². The number of ketones is 1. The van der Waals surface area contributed by atoms with Gasteiger partial charge in [0.25, 0.3) is 0 Å². The van der Waals surface area contributed by atoms with Gasteiger partial charge >= 0.3 is 0 Å². The third-order valence-electron chi connectivity index (χ3n) is 2.24. The summed E-state index contributed by atoms with van der Waals surface area (Å²) < 4.78 is 12.6. The standard InChI is InChI=1S/C12H9FN2O/c1-8-4-5-14-7-10(8)12(16)11-3-2-9(13)6-15-11/h2-7H,1H3. The Morgan fingerprint density at radius 3 is 2.69 bits per heavy atom. The minimum absolute atomic E-state index is 0.220. The second-order valence-electron chi connectivity index (χ2n) is 3.38. The minimum Gasteiger partial charge on any atom is -0.287 e. The van der Waals surface area contributed by atoms with Gasteiger partial charge in [0.2, 0.25) is 5.78 Å². The van der Waals surface area contributed by atoms with Gasteiger partial charge in [0.15, 0.2) is 0 Å². The van der Waals surface area contributed by atoms with Gasteiger partial charge in [0.1, 0.15) is 11.5 Å². The van der Waals surface area contributed by atoms with Crippen LogP contribution in [0.4, 0.5) is 4.39 Å². The van der Waals surface area contributed by atoms with Crippen molar-refractivity contribution in [2.45, 2.75) is 6.92 Å². The van der Waals surface area contributed by atoms with Crippen LogP contribution in [0.25, 0.3) is 0 Å². The highest BCUT2D eigenvalue weighted by atomic mass is 19.1. The number of carbonyl (C=O) groups is 1. The molecule has 0 saturated heterocycles. The normalized spacial score (nSPS) is 10.1. The predicted molar refractivity (Wildman–Crippen MR) is 56.6 cm³/mol. The number of aromatic nitrogens is 2. The van der Waals surface area contributed by atoms with Crippen molar-refractivity contribution in [1.29, 1.82) is 0 Å². The summed E-state index contributed by atoms with van der Waals surface area (Å²) in [5.41, 5.74) is 1.53. The van der Waals surface area contributed by atoms with E-state index in [0.29, 0.717) is 5.56 Å². The zero-order valence-electron chi connectivity index (χ0n) is 8.64. The third kappa shape index (κ3) is 1.95. The van der Waals surface area contributed by atoms with Crippen molar-refractivity contribution in [3.8, 4) is 0 Å². The van der Waals surface area contributed by atoms with Gasteiger partial charge in [-0.1, -0.05) is 0 Å². The van der Waals surface area contributed by atoms with Crippen molar-refractivity contribution in [3.05, 3.63) is 59.4 Å². The first-order valence-electron chi connectivity index (χ1n) is 4.75. The van der Waals surface area contributed by atoms with Crippen LogP contribution in [0.15, 0.2) is 36.8 Å². The molecule has 0 aliphatic heterocycles. The minimum atomic E-state index is -0.459. The molecule has 80 valence electrons. The SMILES string of the molecule is Cc1ccncc1C(=O)c1ccc(F)cn1. The molecule has 3 nitrogen and oxygen atoms in total. The summed E-state index contributed by atoms with van der Waals surface area (Å²) in [6.07, 6.45) is 4.13. The maximum atomic E-state index is 12.6. The highest BCUT2D eigenvalue weighted by Crippen LogP contribution is 2.11. The Morgan fingerprint density at radius 1 is 1.25 bits per heavy atom. The molecule has 0 aliphatic rings. The van der Waals surface area contributed by atoms with Crippen LogP contribution in [0.1, 0.15) is 21.6 Å². The smallest absolute Gasteiger partial charge is 0.213 e. The Bertz CT molecular complexity index is 523. The zero-order chi connectivity index (χ0) is 11.5. The molecule has 0 N–H and O–H groups in total. The molecule has 0 bridgehead atoms. The first kappa shape index (κ1) is 10.4. The Hall–Kier alpha value is -2.10. The average Bonchev–Trinajstić information content (AvgIpc) is 2.30. The fourth-order valence-corrected chi connectivity index (χ4v) is 1.35. The van der Waals surface area contributed by atoms with Gasteiger partial charge in [-0.15, -0.1) is 0 Å². The Kier molecular flexibility index (Phi) is 2.72. The molecule has 2 aromatic rings. The number of nitrogens with zero attached hydrogens (tertiary/aromatic N) is 2. The fraction of sp³-hybridized carbons (Fsp3) is 0.0833. The lowest BCUT2D eigenvalue weighted by Gasteiger charge is -2.02. The van der Waals surface area contributed by atoms with E-state index in [1.807, 2.05) is 6.92 Å². The van der Waals surface area contributed by atoms with E-state index in [0.717, 1.165) is 11.8 Å². The van der Waals surface area contributed by atoms with Crippen LogP contribution in [0.3, 0.4) is 0 Å². The summed E-state index contributed by atoms with van der Waals surface area (Å²) in [4.78, 5) is 19.6. The summed E-state index contributed by atoms with van der Waals surface area (Å²) >= 11 is 0. The Morgan fingerprint density at radius 2 is 2.06 bits per heavy atom. The topological polar surface area (TPSA) is 42.9 Å². The van der Waals surface area contributed by atoms with Crippen molar-refractivity contribution in [2.24, 2.45) is 0 Å². The van der Waals surface area contributed by atoms with Crippen LogP contribution in [-0.2, 0) is 0 Å². The number of hydrogen-bond donors (Lipinski definition) is 0. The van der Waals surface area contributed by atoms with Crippen molar-refractivity contribution in [1.82, 2.24) is 9.97 Å². The second-order valence-corrected chi connectivity index (χ2v) is 3.38. The molecule has 0 amide bonds. The molecule has 16 heavy (non-hydrogen) atoms. The van der Waals surface area contributed by atoms with Gasteiger partial charge in [0, 0.05) is 18.0 Å². The van der Waals surface area contributed by atoms with Crippen molar-refractivity contribution in [2.75, 3.05) is 0 Å². The lowest BCUT2D eigenvalue weighted by atomic mass is 10.1. The third-order valence-corrected chi connectivity index (χ3v) is 2.24. The maximum absolute atomic E-state index is 12.6. The van der Waals surface area contributed by atoms with Gasteiger partial charge in [-0.05, 0) is 30.7 Å². The number of aryl methyl sites for hydroxylation is 1. The van der Waals surface area contributed by atoms with Crippen LogP contribution in [-0.4, -0.2) is 15.8 Å². The van der Waals surface area contributed by atoms with Gasteiger partial charge in [-0.2, -0.15) is 0 Å². The number of hydrogen-bond acceptors (Lipinski definition) is 3. The summed E-state index contributed by atoms with van der Waals surface area (Å²) in [6.45, 7) is 1.82. The lowest BCUT2D eigenvalue weighted by molar-refractivity contribution is 0.103. The van der Waals surface area contributed by atoms with Crippen LogP contribution >= 0.6 is 0 Å². The predicted octanol–water partition coefficient (Wildman–Crippen LogP) is 2.16. The van der Waals surface area contributed by atoms with E-state index in [1.54, 1.807) is 12.3 Å². The molecule has 0 atom stereocenters. The fourth-order valence-electron chi connectivity index (χ4n) is 1.35. The molecule has 0 unspecified atom stereocenters. The first-order valence-corrected chi connectivity index (χ1v) is 4.75. The van der Waals surface area contributed by atoms with Gasteiger partial charge < -0.3 is 0 Å². The summed E-state index contributed by atoms with van der Waals surface area (Å²) in [6, 6.07) is 4.33. The highest BCUT2D eigenvalue weighted by Gasteiger charge is 2.12. The van der Waals surface area contributed by atoms with Crippen LogP contribution in [0.5, 0.6) is 0 Å². The molecule has 0 aliphatic carbocycles. The van der Waals surface area contributed by atoms with Crippen molar-refractivity contribution < 1.29 is 9.18 Å². The van der Waals surface area contributed by atoms with Crippen LogP contribution in [0, 0.1) is 12.7 Å². The molecule has 0 aromatic carbocycles. The Labute approximate surface area is 92.0 Å². The number of halogens is 1. The molecule has 0 saturated carbocycles. The van der Waals surface area contributed by atoms with E-state index in [2.05, 4.69) is 9.97 Å². The van der Waals surface area contributed by atoms with Gasteiger partial charge in [-0.3, -0.25) is 9.78 Å². The van der Waals surface area contributed by atoms with Crippen molar-refractivity contribution in [3.63, 3.8) is 0 Å². The van der Waals surface area contributed by atoms with E-state index in [-0.39, 0.29) is 11.5 Å². The van der Waals surface area contributed by atoms with E-state index in [1.165, 1.54) is 18.3 Å². The van der Waals surface area contributed by atoms with E-state index >= 15 is 0 Å². The molecular formula is C12H9FN2O. The maximum Gasteiger partial charge on any atom is 0.213 e. The monoisotopic (exact) mass is 216 g/mol. The molecule has 2 heterocycles. The molecule has 0 fully saturated rings.